The molecular formula is C8H12F4. The molecule has 0 aromatic rings. The molecule has 0 aliphatic rings. The second-order valence-corrected chi connectivity index (χ2v) is 2.56. The Bertz CT molecular complexity index is 144. The fourth-order valence-corrected chi connectivity index (χ4v) is 0.991. The van der Waals surface area contributed by atoms with E-state index in [9.17, 15) is 17.6 Å². The van der Waals surface area contributed by atoms with Gasteiger partial charge in [0.25, 0.3) is 0 Å². The van der Waals surface area contributed by atoms with Gasteiger partial charge in [0.15, 0.2) is 0 Å². The second-order valence-electron chi connectivity index (χ2n) is 2.56. The summed E-state index contributed by atoms with van der Waals surface area (Å²) in [5, 5.41) is 0. The first-order chi connectivity index (χ1) is 5.67. The lowest BCUT2D eigenvalue weighted by molar-refractivity contribution is 0.175. The molecule has 0 spiro atoms. The Morgan fingerprint density at radius 3 is 2.42 bits per heavy atom. The normalized spacial score (nSPS) is 17.6. The average Bonchev–Trinajstić information content (AvgIpc) is 2.11. The van der Waals surface area contributed by atoms with Gasteiger partial charge in [0.1, 0.15) is 25.0 Å². The zero-order chi connectivity index (χ0) is 9.56. The van der Waals surface area contributed by atoms with E-state index in [1.807, 2.05) is 0 Å². The lowest BCUT2D eigenvalue weighted by atomic mass is 9.98. The molecule has 0 bridgehead atoms. The fraction of sp³-hybridized carbons (Fsp3) is 0.750. The van der Waals surface area contributed by atoms with Crippen LogP contribution < -0.4 is 0 Å². The largest absolute Gasteiger partial charge is 0.248 e. The van der Waals surface area contributed by atoms with E-state index in [1.54, 1.807) is 6.92 Å². The minimum Gasteiger partial charge on any atom is -0.248 e. The molecule has 4 heteroatoms. The van der Waals surface area contributed by atoms with Crippen LogP contribution >= 0.6 is 0 Å². The van der Waals surface area contributed by atoms with E-state index in [2.05, 4.69) is 0 Å². The van der Waals surface area contributed by atoms with Crippen LogP contribution in [0.15, 0.2) is 12.2 Å². The molecule has 0 aliphatic carbocycles. The van der Waals surface area contributed by atoms with Crippen LogP contribution in [0.5, 0.6) is 0 Å². The highest BCUT2D eigenvalue weighted by Gasteiger charge is 2.24. The smallest absolute Gasteiger partial charge is 0.137 e. The summed E-state index contributed by atoms with van der Waals surface area (Å²) in [6, 6.07) is 0. The first kappa shape index (κ1) is 11.5. The molecule has 0 N–H and O–H groups in total. The zero-order valence-corrected chi connectivity index (χ0v) is 6.87. The van der Waals surface area contributed by atoms with E-state index in [1.165, 1.54) is 0 Å². The summed E-state index contributed by atoms with van der Waals surface area (Å²) >= 11 is 0. The highest BCUT2D eigenvalue weighted by molar-refractivity contribution is 4.96. The molecule has 0 saturated heterocycles. The molecule has 0 heterocycles. The van der Waals surface area contributed by atoms with Gasteiger partial charge in [-0.1, -0.05) is 13.3 Å². The minimum absolute atomic E-state index is 0.122. The van der Waals surface area contributed by atoms with E-state index in [-0.39, 0.29) is 12.8 Å². The monoisotopic (exact) mass is 184 g/mol. The molecule has 0 aromatic carbocycles. The molecular weight excluding hydrogens is 172 g/mol. The van der Waals surface area contributed by atoms with Crippen molar-refractivity contribution >= 4 is 0 Å². The molecule has 0 radical (unpaired) electrons. The van der Waals surface area contributed by atoms with Crippen LogP contribution in [-0.4, -0.2) is 12.8 Å². The van der Waals surface area contributed by atoms with Gasteiger partial charge < -0.3 is 0 Å². The van der Waals surface area contributed by atoms with Gasteiger partial charge in [0.2, 0.25) is 0 Å². The Labute approximate surface area is 69.3 Å². The Morgan fingerprint density at radius 2 is 2.08 bits per heavy atom. The van der Waals surface area contributed by atoms with Crippen LogP contribution in [0, 0.1) is 5.92 Å². The Kier molecular flexibility index (Phi) is 5.76. The second kappa shape index (κ2) is 6.03. The Hall–Kier alpha value is -0.540. The molecule has 0 aromatic heterocycles. The van der Waals surface area contributed by atoms with Crippen molar-refractivity contribution in [3.05, 3.63) is 12.2 Å². The molecule has 2 atom stereocenters. The van der Waals surface area contributed by atoms with Crippen molar-refractivity contribution in [1.29, 1.82) is 0 Å². The number of alkyl halides is 2. The minimum atomic E-state index is -1.93. The van der Waals surface area contributed by atoms with Crippen LogP contribution in [0.2, 0.25) is 0 Å². The number of hydrogen-bond acceptors (Lipinski definition) is 0. The van der Waals surface area contributed by atoms with Crippen LogP contribution in [0.4, 0.5) is 17.6 Å². The first-order valence-electron chi connectivity index (χ1n) is 3.83. The lowest BCUT2D eigenvalue weighted by Gasteiger charge is -2.15. The summed E-state index contributed by atoms with van der Waals surface area (Å²) in [6.45, 7) is 0.426. The van der Waals surface area contributed by atoms with Gasteiger partial charge in [-0.2, -0.15) is 0 Å². The Balaban J connectivity index is 4.21. The Morgan fingerprint density at radius 1 is 1.50 bits per heavy atom. The molecule has 0 saturated carbocycles. The summed E-state index contributed by atoms with van der Waals surface area (Å²) < 4.78 is 48.5. The summed E-state index contributed by atoms with van der Waals surface area (Å²) in [7, 11) is 0. The van der Waals surface area contributed by atoms with E-state index >= 15 is 0 Å². The van der Waals surface area contributed by atoms with Gasteiger partial charge in [-0.3, -0.25) is 0 Å². The molecule has 0 aliphatic heterocycles. The highest BCUT2D eigenvalue weighted by atomic mass is 19.2. The zero-order valence-electron chi connectivity index (χ0n) is 6.87. The lowest BCUT2D eigenvalue weighted by Crippen LogP contribution is -2.18. The number of hydrogen-bond donors (Lipinski definition) is 0. The molecule has 0 amide bonds. The molecule has 12 heavy (non-hydrogen) atoms. The maximum absolute atomic E-state index is 12.6. The van der Waals surface area contributed by atoms with Crippen LogP contribution in [-0.2, 0) is 0 Å². The van der Waals surface area contributed by atoms with Gasteiger partial charge >= 0.3 is 0 Å². The fourth-order valence-electron chi connectivity index (χ4n) is 0.991. The standard InChI is InChI=1S/C8H12F4/c1-2-3-6(7(11)4-9)8(12)5-10/h4,6,8H,2-3,5H2,1H3/b7-4-. The van der Waals surface area contributed by atoms with E-state index in [0.29, 0.717) is 6.42 Å². The summed E-state index contributed by atoms with van der Waals surface area (Å²) in [6.07, 6.45) is -1.62. The van der Waals surface area contributed by atoms with Crippen LogP contribution in [0.1, 0.15) is 19.8 Å². The van der Waals surface area contributed by atoms with Gasteiger partial charge in [0, 0.05) is 5.92 Å². The number of halogens is 4. The summed E-state index contributed by atoms with van der Waals surface area (Å²) in [5.41, 5.74) is 0. The molecule has 0 rings (SSSR count). The predicted octanol–water partition coefficient (Wildman–Crippen LogP) is 3.49. The third-order valence-electron chi connectivity index (χ3n) is 1.64. The summed E-state index contributed by atoms with van der Waals surface area (Å²) in [5.74, 6) is -2.47. The maximum Gasteiger partial charge on any atom is 0.137 e. The predicted molar refractivity (Wildman–Crippen MR) is 39.6 cm³/mol. The summed E-state index contributed by atoms with van der Waals surface area (Å²) in [4.78, 5) is 0. The molecule has 72 valence electrons. The SMILES string of the molecule is CCCC(/C(F)=C/F)C(F)CF. The molecule has 2 unspecified atom stereocenters. The van der Waals surface area contributed by atoms with E-state index in [0.717, 1.165) is 0 Å². The number of rotatable bonds is 5. The number of allylic oxidation sites excluding steroid dienone is 1. The van der Waals surface area contributed by atoms with Crippen molar-refractivity contribution in [3.63, 3.8) is 0 Å². The quantitative estimate of drug-likeness (QED) is 0.574. The van der Waals surface area contributed by atoms with Gasteiger partial charge in [-0.05, 0) is 6.42 Å². The molecule has 0 fully saturated rings. The van der Waals surface area contributed by atoms with E-state index in [4.69, 9.17) is 0 Å². The average molecular weight is 184 g/mol. The van der Waals surface area contributed by atoms with Crippen molar-refractivity contribution < 1.29 is 17.6 Å². The van der Waals surface area contributed by atoms with Crippen molar-refractivity contribution in [2.75, 3.05) is 6.67 Å². The van der Waals surface area contributed by atoms with Crippen molar-refractivity contribution in [2.45, 2.75) is 25.9 Å². The van der Waals surface area contributed by atoms with Crippen molar-refractivity contribution in [3.8, 4) is 0 Å². The van der Waals surface area contributed by atoms with Gasteiger partial charge in [-0.25, -0.2) is 17.6 Å². The van der Waals surface area contributed by atoms with E-state index < -0.39 is 24.6 Å². The van der Waals surface area contributed by atoms with Gasteiger partial charge in [-0.15, -0.1) is 0 Å². The van der Waals surface area contributed by atoms with Crippen LogP contribution in [0.25, 0.3) is 0 Å². The topological polar surface area (TPSA) is 0 Å². The van der Waals surface area contributed by atoms with Gasteiger partial charge in [0.05, 0.1) is 0 Å². The van der Waals surface area contributed by atoms with Crippen molar-refractivity contribution in [2.24, 2.45) is 5.92 Å². The third kappa shape index (κ3) is 3.24. The van der Waals surface area contributed by atoms with Crippen molar-refractivity contribution in [1.82, 2.24) is 0 Å². The third-order valence-corrected chi connectivity index (χ3v) is 1.64. The highest BCUT2D eigenvalue weighted by Crippen LogP contribution is 2.24. The van der Waals surface area contributed by atoms with Crippen LogP contribution in [0.3, 0.4) is 0 Å². The molecule has 0 nitrogen and oxygen atoms in total. The first-order valence-corrected chi connectivity index (χ1v) is 3.83. The maximum atomic E-state index is 12.6.